The number of Topliss-reactive ketones (excluding diaryl/α,β-unsaturated/α-hetero) is 1. The van der Waals surface area contributed by atoms with Crippen molar-refractivity contribution in [3.05, 3.63) is 29.8 Å². The predicted molar refractivity (Wildman–Crippen MR) is 95.1 cm³/mol. The Bertz CT molecular complexity index is 735. The number of amides is 2. The predicted octanol–water partition coefficient (Wildman–Crippen LogP) is 1.99. The molecule has 1 aromatic rings. The van der Waals surface area contributed by atoms with E-state index in [1.54, 1.807) is 24.3 Å². The second kappa shape index (κ2) is 8.33. The van der Waals surface area contributed by atoms with Crippen LogP contribution in [-0.2, 0) is 19.1 Å². The normalized spacial score (nSPS) is 21.7. The molecule has 1 saturated carbocycles. The fourth-order valence-corrected chi connectivity index (χ4v) is 3.83. The highest BCUT2D eigenvalue weighted by atomic mass is 16.5. The number of esters is 1. The van der Waals surface area contributed by atoms with Crippen LogP contribution in [0.1, 0.15) is 42.5 Å². The molecule has 27 heavy (non-hydrogen) atoms. The smallest absolute Gasteiger partial charge is 0.308 e. The number of hydrogen-bond acceptors (Lipinski definition) is 6. The quantitative estimate of drug-likeness (QED) is 0.412. The summed E-state index contributed by atoms with van der Waals surface area (Å²) in [7, 11) is 1.46. The van der Waals surface area contributed by atoms with Crippen molar-refractivity contribution in [1.82, 2.24) is 4.90 Å². The minimum Gasteiger partial charge on any atom is -0.496 e. The highest BCUT2D eigenvalue weighted by molar-refractivity contribution is 6.05. The number of imide groups is 1. The molecule has 2 amide bonds. The van der Waals surface area contributed by atoms with Gasteiger partial charge in [-0.3, -0.25) is 24.1 Å². The average molecular weight is 373 g/mol. The lowest BCUT2D eigenvalue weighted by atomic mass is 9.81. The van der Waals surface area contributed by atoms with Gasteiger partial charge in [0.25, 0.3) is 0 Å². The standard InChI is InChI=1S/C20H23NO6/c1-26-17-9-5-4-8-15(17)16(22)12-27-18(23)10-11-21-19(24)13-6-2-3-7-14(13)20(21)25/h4-5,8-9,13-14H,2-3,6-7,10-12H2,1H3/t13-,14-/m0/s1. The Hall–Kier alpha value is -2.70. The molecule has 1 aromatic carbocycles. The van der Waals surface area contributed by atoms with E-state index in [1.807, 2.05) is 0 Å². The molecule has 2 atom stereocenters. The van der Waals surface area contributed by atoms with E-state index in [0.717, 1.165) is 25.7 Å². The van der Waals surface area contributed by atoms with Gasteiger partial charge in [0.2, 0.25) is 17.6 Å². The van der Waals surface area contributed by atoms with Crippen molar-refractivity contribution >= 4 is 23.6 Å². The lowest BCUT2D eigenvalue weighted by Crippen LogP contribution is -2.33. The van der Waals surface area contributed by atoms with E-state index in [0.29, 0.717) is 11.3 Å². The number of carbonyl (C=O) groups is 4. The Morgan fingerprint density at radius 1 is 1.07 bits per heavy atom. The van der Waals surface area contributed by atoms with Gasteiger partial charge in [-0.1, -0.05) is 25.0 Å². The fraction of sp³-hybridized carbons (Fsp3) is 0.500. The SMILES string of the molecule is COc1ccccc1C(=O)COC(=O)CCN1C(=O)[C@H]2CCCC[C@@H]2C1=O. The number of fused-ring (bicyclic) bond motifs is 1. The molecule has 1 aliphatic heterocycles. The monoisotopic (exact) mass is 373 g/mol. The van der Waals surface area contributed by atoms with Crippen molar-refractivity contribution in [2.45, 2.75) is 32.1 Å². The molecular weight excluding hydrogens is 350 g/mol. The molecule has 7 nitrogen and oxygen atoms in total. The zero-order valence-corrected chi connectivity index (χ0v) is 15.3. The number of nitrogens with zero attached hydrogens (tertiary/aromatic N) is 1. The molecule has 7 heteroatoms. The molecule has 1 heterocycles. The van der Waals surface area contributed by atoms with Crippen LogP contribution in [-0.4, -0.2) is 48.7 Å². The first-order chi connectivity index (χ1) is 13.0. The van der Waals surface area contributed by atoms with Crippen molar-refractivity contribution in [1.29, 1.82) is 0 Å². The molecule has 0 spiro atoms. The molecule has 2 aliphatic rings. The first-order valence-corrected chi connectivity index (χ1v) is 9.20. The summed E-state index contributed by atoms with van der Waals surface area (Å²) in [6.07, 6.45) is 3.28. The summed E-state index contributed by atoms with van der Waals surface area (Å²) in [5.74, 6) is -1.39. The summed E-state index contributed by atoms with van der Waals surface area (Å²) < 4.78 is 10.1. The summed E-state index contributed by atoms with van der Waals surface area (Å²) in [5.41, 5.74) is 0.335. The van der Waals surface area contributed by atoms with Crippen molar-refractivity contribution in [2.75, 3.05) is 20.3 Å². The van der Waals surface area contributed by atoms with Gasteiger partial charge in [-0.15, -0.1) is 0 Å². The molecule has 1 saturated heterocycles. The lowest BCUT2D eigenvalue weighted by molar-refractivity contribution is -0.145. The molecule has 0 unspecified atom stereocenters. The summed E-state index contributed by atoms with van der Waals surface area (Å²) in [4.78, 5) is 50.1. The summed E-state index contributed by atoms with van der Waals surface area (Å²) in [5, 5.41) is 0. The topological polar surface area (TPSA) is 90.0 Å². The zero-order valence-electron chi connectivity index (χ0n) is 15.3. The number of ketones is 1. The zero-order chi connectivity index (χ0) is 19.4. The Morgan fingerprint density at radius 3 is 2.33 bits per heavy atom. The summed E-state index contributed by atoms with van der Waals surface area (Å²) >= 11 is 0. The number of ether oxygens (including phenoxy) is 2. The van der Waals surface area contributed by atoms with E-state index in [1.165, 1.54) is 12.0 Å². The second-order valence-electron chi connectivity index (χ2n) is 6.86. The number of likely N-dealkylation sites (tertiary alicyclic amines) is 1. The highest BCUT2D eigenvalue weighted by Crippen LogP contribution is 2.37. The molecule has 0 aromatic heterocycles. The lowest BCUT2D eigenvalue weighted by Gasteiger charge is -2.19. The highest BCUT2D eigenvalue weighted by Gasteiger charge is 2.47. The number of benzene rings is 1. The van der Waals surface area contributed by atoms with E-state index < -0.39 is 12.6 Å². The molecule has 1 aliphatic carbocycles. The van der Waals surface area contributed by atoms with Crippen LogP contribution in [0.5, 0.6) is 5.75 Å². The number of carbonyl (C=O) groups excluding carboxylic acids is 4. The fourth-order valence-electron chi connectivity index (χ4n) is 3.83. The third kappa shape index (κ3) is 4.02. The van der Waals surface area contributed by atoms with Gasteiger partial charge in [0.1, 0.15) is 5.75 Å². The van der Waals surface area contributed by atoms with Gasteiger partial charge in [0.15, 0.2) is 6.61 Å². The Morgan fingerprint density at radius 2 is 1.70 bits per heavy atom. The molecule has 2 fully saturated rings. The van der Waals surface area contributed by atoms with Crippen LogP contribution in [0.15, 0.2) is 24.3 Å². The van der Waals surface area contributed by atoms with E-state index in [9.17, 15) is 19.2 Å². The van der Waals surface area contributed by atoms with Gasteiger partial charge >= 0.3 is 5.97 Å². The third-order valence-electron chi connectivity index (χ3n) is 5.24. The van der Waals surface area contributed by atoms with Crippen LogP contribution < -0.4 is 4.74 Å². The maximum absolute atomic E-state index is 12.4. The maximum atomic E-state index is 12.4. The van der Waals surface area contributed by atoms with Gasteiger partial charge in [0.05, 0.1) is 30.9 Å². The maximum Gasteiger partial charge on any atom is 0.308 e. The van der Waals surface area contributed by atoms with Crippen LogP contribution in [0.4, 0.5) is 0 Å². The minimum atomic E-state index is -0.617. The van der Waals surface area contributed by atoms with E-state index in [2.05, 4.69) is 0 Å². The molecule has 3 rings (SSSR count). The molecular formula is C20H23NO6. The van der Waals surface area contributed by atoms with Gasteiger partial charge in [-0.25, -0.2) is 0 Å². The number of rotatable bonds is 7. The first-order valence-electron chi connectivity index (χ1n) is 9.20. The van der Waals surface area contributed by atoms with E-state index in [-0.39, 0.29) is 42.4 Å². The second-order valence-corrected chi connectivity index (χ2v) is 6.86. The van der Waals surface area contributed by atoms with Crippen LogP contribution in [0.2, 0.25) is 0 Å². The van der Waals surface area contributed by atoms with Crippen LogP contribution in [0.3, 0.4) is 0 Å². The van der Waals surface area contributed by atoms with Crippen molar-refractivity contribution < 1.29 is 28.7 Å². The number of para-hydroxylation sites is 1. The molecule has 144 valence electrons. The third-order valence-corrected chi connectivity index (χ3v) is 5.24. The van der Waals surface area contributed by atoms with Crippen molar-refractivity contribution in [3.8, 4) is 5.75 Å². The van der Waals surface area contributed by atoms with Crippen LogP contribution in [0.25, 0.3) is 0 Å². The number of hydrogen-bond donors (Lipinski definition) is 0. The van der Waals surface area contributed by atoms with E-state index >= 15 is 0 Å². The van der Waals surface area contributed by atoms with Gasteiger partial charge < -0.3 is 9.47 Å². The van der Waals surface area contributed by atoms with Crippen molar-refractivity contribution in [2.24, 2.45) is 11.8 Å². The van der Waals surface area contributed by atoms with Crippen LogP contribution >= 0.6 is 0 Å². The van der Waals surface area contributed by atoms with Crippen LogP contribution in [0, 0.1) is 11.8 Å². The Balaban J connectivity index is 1.49. The Labute approximate surface area is 157 Å². The summed E-state index contributed by atoms with van der Waals surface area (Å²) in [6.45, 7) is -0.404. The van der Waals surface area contributed by atoms with Gasteiger partial charge in [-0.2, -0.15) is 0 Å². The largest absolute Gasteiger partial charge is 0.496 e. The van der Waals surface area contributed by atoms with Crippen molar-refractivity contribution in [3.63, 3.8) is 0 Å². The number of methoxy groups -OCH3 is 1. The van der Waals surface area contributed by atoms with Gasteiger partial charge in [-0.05, 0) is 25.0 Å². The average Bonchev–Trinajstić information content (AvgIpc) is 2.95. The molecule has 0 bridgehead atoms. The molecule has 0 N–H and O–H groups in total. The first kappa shape index (κ1) is 19.1. The molecule has 0 radical (unpaired) electrons. The summed E-state index contributed by atoms with van der Waals surface area (Å²) in [6, 6.07) is 6.68. The van der Waals surface area contributed by atoms with Gasteiger partial charge in [0, 0.05) is 6.54 Å². The minimum absolute atomic E-state index is 0.00630. The Kier molecular flexibility index (Phi) is 5.88. The van der Waals surface area contributed by atoms with E-state index in [4.69, 9.17) is 9.47 Å².